The molecule has 0 bridgehead atoms. The van der Waals surface area contributed by atoms with Crippen molar-refractivity contribution in [1.82, 2.24) is 104 Å². The van der Waals surface area contributed by atoms with E-state index in [2.05, 4.69) is 112 Å². The van der Waals surface area contributed by atoms with E-state index >= 15 is 0 Å². The molecule has 723 valence electrons. The van der Waals surface area contributed by atoms with Crippen molar-refractivity contribution in [2.45, 2.75) is 240 Å². The summed E-state index contributed by atoms with van der Waals surface area (Å²) in [5, 5.41) is 4.95. The Hall–Kier alpha value is -9.54. The predicted molar refractivity (Wildman–Crippen MR) is 506 cm³/mol. The van der Waals surface area contributed by atoms with Crippen LogP contribution in [0.3, 0.4) is 0 Å². The molecule has 14 heterocycles. The van der Waals surface area contributed by atoms with Crippen LogP contribution in [0, 0.1) is 11.8 Å². The molecule has 14 rings (SSSR count). The van der Waals surface area contributed by atoms with E-state index in [0.717, 1.165) is 72.5 Å². The van der Waals surface area contributed by atoms with Gasteiger partial charge >= 0.3 is 61.2 Å². The van der Waals surface area contributed by atoms with Gasteiger partial charge in [-0.3, -0.25) is 37.6 Å². The van der Waals surface area contributed by atoms with Crippen molar-refractivity contribution in [3.8, 4) is 0 Å². The summed E-state index contributed by atoms with van der Waals surface area (Å²) in [4.78, 5) is 163. The van der Waals surface area contributed by atoms with Gasteiger partial charge in [-0.1, -0.05) is 46.4 Å². The number of nitrogen functional groups attached to an aromatic ring is 1. The number of thiol groups is 1. The predicted octanol–water partition coefficient (Wildman–Crippen LogP) is 14.7. The van der Waals surface area contributed by atoms with E-state index in [1.165, 1.54) is 18.6 Å². The number of nitrogens with two attached hydrogens (primary N) is 2. The Labute approximate surface area is 810 Å². The number of aromatic nitrogens is 13. The number of ether oxygens (including phenoxy) is 5. The van der Waals surface area contributed by atoms with E-state index in [-0.39, 0.29) is 84.2 Å². The molecule has 6 aliphatic heterocycles. The quantitative estimate of drug-likeness (QED) is 0.0388. The molecular weight excluding hydrogens is 1950 g/mol. The normalized spacial score (nSPS) is 16.1. The number of likely N-dealkylation sites (tertiary alicyclic amines) is 5. The molecular formula is C84H120BBr2Cl4N24O16S. The number of rotatable bonds is 9. The zero-order valence-corrected chi connectivity index (χ0v) is 84.0. The Bertz CT molecular complexity index is 5080. The molecule has 10 N–H and O–H groups in total. The maximum atomic E-state index is 12.3. The number of carbonyl (C=O) groups is 9. The molecule has 0 aliphatic carbocycles. The van der Waals surface area contributed by atoms with E-state index in [4.69, 9.17) is 86.4 Å². The van der Waals surface area contributed by atoms with Crippen LogP contribution in [0.25, 0.3) is 16.6 Å². The maximum absolute atomic E-state index is 12.3. The van der Waals surface area contributed by atoms with Crippen LogP contribution in [-0.4, -0.2) is 253 Å². The first-order valence-corrected chi connectivity index (χ1v) is 45.9. The molecule has 48 heteroatoms. The van der Waals surface area contributed by atoms with Gasteiger partial charge in [-0.05, 0) is 200 Å². The third-order valence-corrected chi connectivity index (χ3v) is 22.6. The van der Waals surface area contributed by atoms with Crippen LogP contribution in [0.1, 0.15) is 228 Å². The topological polar surface area (TPSA) is 514 Å². The number of anilines is 1. The minimum atomic E-state index is -0.600. The van der Waals surface area contributed by atoms with Crippen LogP contribution in [0.5, 0.6) is 0 Å². The summed E-state index contributed by atoms with van der Waals surface area (Å²) >= 11 is 33.9. The third-order valence-electron chi connectivity index (χ3n) is 20.3. The molecule has 8 aromatic rings. The molecule has 6 fully saturated rings. The molecule has 1 radical (unpaired) electrons. The van der Waals surface area contributed by atoms with Gasteiger partial charge in [-0.2, -0.15) is 0 Å². The Kier molecular flexibility index (Phi) is 42.3. The van der Waals surface area contributed by atoms with Crippen LogP contribution in [0.2, 0.25) is 20.6 Å². The number of hydrogen-bond donors (Lipinski definition) is 5. The van der Waals surface area contributed by atoms with E-state index in [9.17, 15) is 43.2 Å². The minimum absolute atomic E-state index is 0. The number of hydrogen-bond acceptors (Lipinski definition) is 30. The molecule has 0 atom stereocenters. The fourth-order valence-corrected chi connectivity index (χ4v) is 16.2. The fourth-order valence-electron chi connectivity index (χ4n) is 14.1. The Morgan fingerprint density at radius 1 is 0.462 bits per heavy atom. The van der Waals surface area contributed by atoms with Crippen molar-refractivity contribution in [3.63, 3.8) is 0 Å². The monoisotopic (exact) mass is 2060 g/mol. The van der Waals surface area contributed by atoms with Crippen molar-refractivity contribution in [3.05, 3.63) is 127 Å². The van der Waals surface area contributed by atoms with Crippen molar-refractivity contribution in [2.24, 2.45) is 21.9 Å². The first kappa shape index (κ1) is 111. The number of carbonyl (C=O) groups excluding carboxylic acids is 9. The van der Waals surface area contributed by atoms with E-state index in [0.29, 0.717) is 151 Å². The van der Waals surface area contributed by atoms with Crippen molar-refractivity contribution in [2.75, 3.05) is 71.2 Å². The van der Waals surface area contributed by atoms with Crippen molar-refractivity contribution < 1.29 is 77.1 Å². The van der Waals surface area contributed by atoms with E-state index in [1.54, 1.807) is 76.3 Å². The van der Waals surface area contributed by atoms with Crippen LogP contribution in [0.4, 0.5) is 29.8 Å². The Balaban J connectivity index is 0.000000245. The molecule has 8 amide bonds. The first-order valence-electron chi connectivity index (χ1n) is 42.4. The summed E-state index contributed by atoms with van der Waals surface area (Å²) in [6, 6.07) is 0. The molecule has 6 saturated heterocycles. The van der Waals surface area contributed by atoms with Crippen LogP contribution < -0.4 is 22.9 Å². The van der Waals surface area contributed by atoms with Crippen LogP contribution in [0.15, 0.2) is 81.7 Å². The van der Waals surface area contributed by atoms with Gasteiger partial charge in [0.25, 0.3) is 11.8 Å². The van der Waals surface area contributed by atoms with Crippen molar-refractivity contribution in [1.29, 1.82) is 0 Å². The molecule has 0 spiro atoms. The molecule has 0 aromatic carbocycles. The van der Waals surface area contributed by atoms with Gasteiger partial charge in [0.05, 0.1) is 30.0 Å². The average molecular weight is 2070 g/mol. The molecule has 0 saturated carbocycles. The summed E-state index contributed by atoms with van der Waals surface area (Å²) < 4.78 is 37.0. The van der Waals surface area contributed by atoms with Gasteiger partial charge in [0.1, 0.15) is 71.2 Å². The zero-order valence-electron chi connectivity index (χ0n) is 76.9. The molecule has 40 nitrogen and oxygen atoms in total. The molecule has 132 heavy (non-hydrogen) atoms. The summed E-state index contributed by atoms with van der Waals surface area (Å²) in [5.74, 6) is 1.97. The number of imide groups is 1. The van der Waals surface area contributed by atoms with Gasteiger partial charge in [-0.15, -0.1) is 5.06 Å². The number of amides is 8. The number of nitrogens with zero attached hydrogens (tertiary/aromatic N) is 20. The van der Waals surface area contributed by atoms with Gasteiger partial charge in [0.15, 0.2) is 26.4 Å². The van der Waals surface area contributed by atoms with Gasteiger partial charge in [0.2, 0.25) is 5.91 Å². The molecule has 8 aromatic heterocycles. The zero-order chi connectivity index (χ0) is 95.9. The molecule has 6 aliphatic rings. The number of hydroxylamine groups is 2. The second-order valence-corrected chi connectivity index (χ2v) is 39.1. The summed E-state index contributed by atoms with van der Waals surface area (Å²) in [6.45, 7) is 34.1. The molecule has 0 unspecified atom stereocenters. The third kappa shape index (κ3) is 33.5. The van der Waals surface area contributed by atoms with Gasteiger partial charge in [0, 0.05) is 170 Å². The number of halogens is 6. The second-order valence-electron chi connectivity index (χ2n) is 35.9. The fraction of sp³-hybridized carbons (Fsp3) is 0.583. The Morgan fingerprint density at radius 3 is 1.15 bits per heavy atom. The Morgan fingerprint density at radius 2 is 0.780 bits per heavy atom. The SMILES string of the molecule is CC(C)(C)OC(=O)N1CCC(C(=O)NCc2nccnc2Cl)CC1.CC(C)(C)OC(=O)N1CCC(C(=O)ON2C(=O)CCC2=O)CC1.CC(C)(C)OC(=O)N1CCC(c2nc(Br)c3c(Cl)nccn23)CC1.CC(C)(C)OC(=O)N1CCC(c2nc(Br)c3c(N)nccn23)CC1.CC(C)(C)OC(=O)N1CCC(c2ncc3c(Cl)nccn23)CC1.N.NCc1nccnc1Cl.O.[B]=NS. The number of nitrogens with one attached hydrogen (secondary N) is 1. The summed E-state index contributed by atoms with van der Waals surface area (Å²) in [6.07, 6.45) is 24.3. The van der Waals surface area contributed by atoms with Crippen LogP contribution in [-0.2, 0) is 60.8 Å². The van der Waals surface area contributed by atoms with Gasteiger partial charge in [-0.25, -0.2) is 68.6 Å². The summed E-state index contributed by atoms with van der Waals surface area (Å²) in [7, 11) is 4.34. The number of piperidine rings is 5. The van der Waals surface area contributed by atoms with Crippen molar-refractivity contribution >= 4 is 175 Å². The average Bonchev–Trinajstić information content (AvgIpc) is 1.63. The van der Waals surface area contributed by atoms with Gasteiger partial charge < -0.3 is 81.4 Å². The first-order chi connectivity index (χ1) is 61.1. The number of imidazole rings is 3. The number of fused-ring (bicyclic) bond motifs is 3. The standard InChI is InChI=1S/C16H20BrClN4O2.C16H22BrN5O2.C16H23ClN4O3.C16H21ClN4O2.C15H22N2O6.C5H6ClN3.BHNS.H3N.H2O/c2*1-16(2,3)24-15(23)21-7-4-10(5-8-21)14-20-12(17)11-13(18)19-6-9-22(11)14;1-16(2,3)24-15(23)21-8-4-11(5-9-21)14(22)20-10-12-13(17)19-7-6-18-12;1-16(2,3)23-15(22)20-7-4-11(5-8-20)14-19-10-12-13(17)18-6-9-21(12)14;1-15(2,3)22-14(21)16-8-6-10(7-9-16)13(20)23-17-11(18)4-5-12(17)19;6-5-4(3-7)8-1-2-9-5;1-2-3;;/h6,9-10H,4-5,7-8H2,1-3H3;6,9-10H,4-5,7-8H2,1-3H3,(H2,18,19);6-7,11H,4-5,8-10H2,1-3H3,(H,20,22);6,9-11H,4-5,7-8H2,1-3H3;10H,4-9H2,1-3H3;1-2H,3,7H2;3H;1H3;1H2. The summed E-state index contributed by atoms with van der Waals surface area (Å²) in [5.41, 5.74) is 12.3. The second kappa shape index (κ2) is 50.2. The van der Waals surface area contributed by atoms with E-state index < -0.39 is 57.8 Å². The van der Waals surface area contributed by atoms with Crippen LogP contribution >= 0.6 is 91.1 Å². The van der Waals surface area contributed by atoms with E-state index in [1.807, 2.05) is 115 Å².